The maximum atomic E-state index is 10.5. The summed E-state index contributed by atoms with van der Waals surface area (Å²) in [5.41, 5.74) is 6.46. The summed E-state index contributed by atoms with van der Waals surface area (Å²) in [6.07, 6.45) is 0.219. The Morgan fingerprint density at radius 3 is 2.19 bits per heavy atom. The lowest BCUT2D eigenvalue weighted by atomic mass is 9.26. The molecule has 0 aliphatic carbocycles. The lowest BCUT2D eigenvalue weighted by molar-refractivity contribution is -0.138. The van der Waals surface area contributed by atoms with E-state index in [4.69, 9.17) is 20.9 Å². The maximum Gasteiger partial charge on any atom is 0.488 e. The summed E-state index contributed by atoms with van der Waals surface area (Å²) < 4.78 is 0. The Morgan fingerprint density at radius 1 is 1.31 bits per heavy atom. The maximum absolute atomic E-state index is 10.5. The standard InChI is InChI=1S/C9H12BNO4.ClH/c11-8(9(12)13)5-6-1-3-7(4-2-6)10(14)15;/h1-4,8,14-15H,5,11H2,(H,12,13);1H/t8-;/m0./s1/i10-1;. The van der Waals surface area contributed by atoms with Crippen LogP contribution in [0.3, 0.4) is 0 Å². The van der Waals surface area contributed by atoms with Crippen molar-refractivity contribution in [1.29, 1.82) is 0 Å². The SMILES string of the molecule is Cl.N[C@@H](Cc1ccc([10B](O)O)cc1)C(=O)O. The fourth-order valence-electron chi connectivity index (χ4n) is 1.17. The second-order valence-corrected chi connectivity index (χ2v) is 3.26. The third-order valence-electron chi connectivity index (χ3n) is 2.05. The first-order valence-corrected chi connectivity index (χ1v) is 4.44. The molecule has 7 heteroatoms. The Balaban J connectivity index is 0.00000225. The average molecular weight is 245 g/mol. The van der Waals surface area contributed by atoms with Crippen molar-refractivity contribution in [1.82, 2.24) is 0 Å². The molecule has 1 atom stereocenters. The van der Waals surface area contributed by atoms with Crippen LogP contribution in [0.15, 0.2) is 24.3 Å². The number of nitrogens with two attached hydrogens (primary N) is 1. The Bertz CT molecular complexity index is 344. The molecule has 0 radical (unpaired) electrons. The predicted octanol–water partition coefficient (Wildman–Crippen LogP) is -1.26. The molecule has 0 aromatic heterocycles. The van der Waals surface area contributed by atoms with E-state index in [0.29, 0.717) is 5.46 Å². The molecule has 0 amide bonds. The van der Waals surface area contributed by atoms with Crippen molar-refractivity contribution in [3.8, 4) is 0 Å². The van der Waals surface area contributed by atoms with E-state index in [1.165, 1.54) is 12.1 Å². The van der Waals surface area contributed by atoms with Gasteiger partial charge in [0.1, 0.15) is 6.04 Å². The van der Waals surface area contributed by atoms with Crippen molar-refractivity contribution >= 4 is 31.0 Å². The minimum absolute atomic E-state index is 0. The van der Waals surface area contributed by atoms with E-state index in [1.807, 2.05) is 0 Å². The molecule has 0 unspecified atom stereocenters. The molecule has 1 aromatic carbocycles. The average Bonchev–Trinajstić information content (AvgIpc) is 2.18. The van der Waals surface area contributed by atoms with Crippen molar-refractivity contribution in [2.45, 2.75) is 12.5 Å². The van der Waals surface area contributed by atoms with E-state index in [1.54, 1.807) is 12.1 Å². The summed E-state index contributed by atoms with van der Waals surface area (Å²) in [6.45, 7) is 0. The first-order chi connectivity index (χ1) is 7.00. The highest BCUT2D eigenvalue weighted by atomic mass is 35.5. The number of carbonyl (C=O) groups is 1. The molecule has 16 heavy (non-hydrogen) atoms. The molecule has 88 valence electrons. The molecule has 0 spiro atoms. The fourth-order valence-corrected chi connectivity index (χ4v) is 1.17. The third-order valence-corrected chi connectivity index (χ3v) is 2.05. The van der Waals surface area contributed by atoms with Crippen LogP contribution in [0, 0.1) is 0 Å². The van der Waals surface area contributed by atoms with Crippen LogP contribution in [0.1, 0.15) is 5.56 Å². The van der Waals surface area contributed by atoms with Gasteiger partial charge in [-0.05, 0) is 17.4 Å². The van der Waals surface area contributed by atoms with E-state index in [-0.39, 0.29) is 18.8 Å². The van der Waals surface area contributed by atoms with Gasteiger partial charge in [-0.15, -0.1) is 12.4 Å². The van der Waals surface area contributed by atoms with Crippen molar-refractivity contribution < 1.29 is 19.9 Å². The number of hydrogen-bond acceptors (Lipinski definition) is 4. The Kier molecular flexibility index (Phi) is 6.06. The topological polar surface area (TPSA) is 104 Å². The summed E-state index contributed by atoms with van der Waals surface area (Å²) in [7, 11) is -1.51. The smallest absolute Gasteiger partial charge is 0.480 e. The lowest BCUT2D eigenvalue weighted by Gasteiger charge is -2.07. The van der Waals surface area contributed by atoms with Gasteiger partial charge in [0.25, 0.3) is 0 Å². The van der Waals surface area contributed by atoms with Crippen molar-refractivity contribution in [2.24, 2.45) is 5.73 Å². The quantitative estimate of drug-likeness (QED) is 0.495. The first-order valence-electron chi connectivity index (χ1n) is 4.44. The number of aliphatic carboxylic acids is 1. The molecule has 1 aromatic rings. The monoisotopic (exact) mass is 244 g/mol. The van der Waals surface area contributed by atoms with Crippen molar-refractivity contribution in [2.75, 3.05) is 0 Å². The van der Waals surface area contributed by atoms with E-state index in [9.17, 15) is 4.79 Å². The second-order valence-electron chi connectivity index (χ2n) is 3.26. The molecular formula is C9H13BClNO4. The van der Waals surface area contributed by atoms with Crippen LogP contribution in [-0.4, -0.2) is 34.3 Å². The minimum atomic E-state index is -1.51. The summed E-state index contributed by atoms with van der Waals surface area (Å²) in [5.74, 6) is -1.05. The molecule has 0 aliphatic heterocycles. The summed E-state index contributed by atoms with van der Waals surface area (Å²) >= 11 is 0. The third kappa shape index (κ3) is 4.20. The number of benzene rings is 1. The largest absolute Gasteiger partial charge is 0.488 e. The highest BCUT2D eigenvalue weighted by Crippen LogP contribution is 2.01. The van der Waals surface area contributed by atoms with E-state index < -0.39 is 19.1 Å². The zero-order valence-corrected chi connectivity index (χ0v) is 9.22. The fraction of sp³-hybridized carbons (Fsp3) is 0.222. The molecule has 5 N–H and O–H groups in total. The summed E-state index contributed by atoms with van der Waals surface area (Å²) in [6, 6.07) is 5.35. The Morgan fingerprint density at radius 2 is 1.81 bits per heavy atom. The van der Waals surface area contributed by atoms with Crippen LogP contribution >= 0.6 is 12.4 Å². The van der Waals surface area contributed by atoms with Gasteiger partial charge >= 0.3 is 13.1 Å². The number of carboxylic acid groups (broad SMARTS) is 1. The van der Waals surface area contributed by atoms with Crippen LogP contribution in [0.25, 0.3) is 0 Å². The normalized spacial score (nSPS) is 11.4. The number of carboxylic acids is 1. The van der Waals surface area contributed by atoms with Gasteiger partial charge in [-0.2, -0.15) is 0 Å². The number of hydrogen-bond donors (Lipinski definition) is 4. The highest BCUT2D eigenvalue weighted by molar-refractivity contribution is 6.58. The van der Waals surface area contributed by atoms with Gasteiger partial charge in [-0.1, -0.05) is 24.3 Å². The van der Waals surface area contributed by atoms with Gasteiger partial charge in [0, 0.05) is 0 Å². The molecule has 1 rings (SSSR count). The van der Waals surface area contributed by atoms with Crippen molar-refractivity contribution in [3.63, 3.8) is 0 Å². The number of rotatable bonds is 4. The summed E-state index contributed by atoms with van der Waals surface area (Å²) in [5, 5.41) is 26.2. The van der Waals surface area contributed by atoms with Gasteiger partial charge in [-0.25, -0.2) is 0 Å². The van der Waals surface area contributed by atoms with E-state index in [2.05, 4.69) is 0 Å². The van der Waals surface area contributed by atoms with E-state index in [0.717, 1.165) is 5.56 Å². The van der Waals surface area contributed by atoms with Crippen LogP contribution in [0.2, 0.25) is 0 Å². The number of halogens is 1. The van der Waals surface area contributed by atoms with Crippen LogP contribution in [0.5, 0.6) is 0 Å². The molecule has 0 saturated heterocycles. The molecule has 5 nitrogen and oxygen atoms in total. The van der Waals surface area contributed by atoms with Gasteiger partial charge in [0.15, 0.2) is 0 Å². The zero-order valence-electron chi connectivity index (χ0n) is 8.41. The molecule has 0 heterocycles. The van der Waals surface area contributed by atoms with Crippen LogP contribution < -0.4 is 11.2 Å². The molecule has 0 bridgehead atoms. The lowest BCUT2D eigenvalue weighted by Crippen LogP contribution is -2.33. The molecule has 0 fully saturated rings. The highest BCUT2D eigenvalue weighted by Gasteiger charge is 2.13. The second kappa shape index (κ2) is 6.50. The van der Waals surface area contributed by atoms with Gasteiger partial charge in [0.05, 0.1) is 0 Å². The predicted molar refractivity (Wildman–Crippen MR) is 62.8 cm³/mol. The summed E-state index contributed by atoms with van der Waals surface area (Å²) in [4.78, 5) is 10.5. The van der Waals surface area contributed by atoms with Gasteiger partial charge < -0.3 is 20.9 Å². The van der Waals surface area contributed by atoms with Gasteiger partial charge in [0.2, 0.25) is 0 Å². The molecular weight excluding hydrogens is 232 g/mol. The molecule has 0 saturated carbocycles. The van der Waals surface area contributed by atoms with Crippen LogP contribution in [-0.2, 0) is 11.2 Å². The van der Waals surface area contributed by atoms with Gasteiger partial charge in [-0.3, -0.25) is 4.79 Å². The zero-order chi connectivity index (χ0) is 11.4. The Hall–Kier alpha value is -1.08. The molecule has 0 aliphatic rings. The van der Waals surface area contributed by atoms with Crippen LogP contribution in [0.4, 0.5) is 0 Å². The van der Waals surface area contributed by atoms with E-state index >= 15 is 0 Å². The Labute approximate surface area is 99.5 Å². The minimum Gasteiger partial charge on any atom is -0.480 e. The first kappa shape index (κ1) is 14.9. The van der Waals surface area contributed by atoms with Crippen molar-refractivity contribution in [3.05, 3.63) is 29.8 Å².